The van der Waals surface area contributed by atoms with Crippen LogP contribution in [0, 0.1) is 12.8 Å². The van der Waals surface area contributed by atoms with Crippen molar-refractivity contribution >= 4 is 5.91 Å². The second kappa shape index (κ2) is 5.77. The molecule has 17 heavy (non-hydrogen) atoms. The van der Waals surface area contributed by atoms with Crippen LogP contribution in [-0.2, 0) is 4.74 Å². The zero-order valence-corrected chi connectivity index (χ0v) is 10.0. The summed E-state index contributed by atoms with van der Waals surface area (Å²) in [6.45, 7) is 3.92. The molecule has 94 valence electrons. The van der Waals surface area contributed by atoms with Gasteiger partial charge < -0.3 is 10.1 Å². The molecule has 1 fully saturated rings. The monoisotopic (exact) mass is 238 g/mol. The van der Waals surface area contributed by atoms with Gasteiger partial charge in [0, 0.05) is 19.8 Å². The van der Waals surface area contributed by atoms with Crippen molar-refractivity contribution < 1.29 is 9.53 Å². The number of amides is 1. The number of carbonyl (C=O) groups is 1. The van der Waals surface area contributed by atoms with Gasteiger partial charge in [-0.2, -0.15) is 0 Å². The van der Waals surface area contributed by atoms with Crippen LogP contribution < -0.4 is 5.32 Å². The largest absolute Gasteiger partial charge is 0.381 e. The number of carbonyl (C=O) groups excluding carboxylic acids is 1. The van der Waals surface area contributed by atoms with Crippen LogP contribution in [0.25, 0.3) is 0 Å². The summed E-state index contributed by atoms with van der Waals surface area (Å²) in [5.74, 6) is 1.39. The Hall–Kier alpha value is -1.43. The smallest absolute Gasteiger partial charge is 0.290 e. The molecule has 1 saturated carbocycles. The van der Waals surface area contributed by atoms with Gasteiger partial charge in [-0.1, -0.05) is 0 Å². The fourth-order valence-corrected chi connectivity index (χ4v) is 1.43. The van der Waals surface area contributed by atoms with Crippen molar-refractivity contribution in [3.05, 3.63) is 11.6 Å². The maximum atomic E-state index is 11.5. The molecule has 1 aromatic heterocycles. The van der Waals surface area contributed by atoms with Crippen LogP contribution in [-0.4, -0.2) is 40.8 Å². The van der Waals surface area contributed by atoms with Crippen molar-refractivity contribution in [2.75, 3.05) is 19.8 Å². The van der Waals surface area contributed by atoms with Gasteiger partial charge in [-0.25, -0.2) is 4.98 Å². The molecule has 0 atom stereocenters. The summed E-state index contributed by atoms with van der Waals surface area (Å²) in [5, 5.41) is 9.17. The number of nitrogens with one attached hydrogen (secondary N) is 2. The van der Waals surface area contributed by atoms with E-state index in [0.29, 0.717) is 19.0 Å². The first-order valence-corrected chi connectivity index (χ1v) is 6.00. The number of hydrogen-bond donors (Lipinski definition) is 2. The molecule has 0 aliphatic heterocycles. The van der Waals surface area contributed by atoms with E-state index < -0.39 is 0 Å². The van der Waals surface area contributed by atoms with E-state index in [2.05, 4.69) is 20.5 Å². The first kappa shape index (κ1) is 12.0. The lowest BCUT2D eigenvalue weighted by Gasteiger charge is -2.03. The van der Waals surface area contributed by atoms with Gasteiger partial charge in [0.25, 0.3) is 5.91 Å². The average Bonchev–Trinajstić information content (AvgIpc) is 3.04. The zero-order valence-electron chi connectivity index (χ0n) is 10.0. The van der Waals surface area contributed by atoms with E-state index >= 15 is 0 Å². The van der Waals surface area contributed by atoms with E-state index in [1.165, 1.54) is 12.8 Å². The number of aromatic nitrogens is 3. The third-order valence-electron chi connectivity index (χ3n) is 2.60. The van der Waals surface area contributed by atoms with Crippen molar-refractivity contribution in [2.45, 2.75) is 26.2 Å². The minimum Gasteiger partial charge on any atom is -0.381 e. The highest BCUT2D eigenvalue weighted by Crippen LogP contribution is 2.28. The highest BCUT2D eigenvalue weighted by molar-refractivity contribution is 5.90. The number of hydrogen-bond acceptors (Lipinski definition) is 4. The molecule has 1 aliphatic carbocycles. The molecule has 0 unspecified atom stereocenters. The zero-order chi connectivity index (χ0) is 12.1. The molecule has 2 N–H and O–H groups in total. The van der Waals surface area contributed by atoms with Gasteiger partial charge in [-0.3, -0.25) is 9.89 Å². The number of nitrogens with zero attached hydrogens (tertiary/aromatic N) is 2. The van der Waals surface area contributed by atoms with E-state index in [9.17, 15) is 4.79 Å². The van der Waals surface area contributed by atoms with E-state index in [1.54, 1.807) is 6.92 Å². The van der Waals surface area contributed by atoms with Crippen LogP contribution in [0.15, 0.2) is 0 Å². The second-order valence-corrected chi connectivity index (χ2v) is 4.37. The number of rotatable bonds is 7. The average molecular weight is 238 g/mol. The van der Waals surface area contributed by atoms with E-state index in [-0.39, 0.29) is 11.7 Å². The molecule has 2 rings (SSSR count). The van der Waals surface area contributed by atoms with Crippen molar-refractivity contribution in [1.29, 1.82) is 0 Å². The Morgan fingerprint density at radius 1 is 1.59 bits per heavy atom. The fourth-order valence-electron chi connectivity index (χ4n) is 1.43. The first-order chi connectivity index (χ1) is 8.25. The molecular weight excluding hydrogens is 220 g/mol. The molecule has 0 radical (unpaired) electrons. The van der Waals surface area contributed by atoms with Crippen LogP contribution in [0.1, 0.15) is 35.7 Å². The van der Waals surface area contributed by atoms with Crippen molar-refractivity contribution in [3.8, 4) is 0 Å². The SMILES string of the molecule is Cc1nc(C(=O)NCCCOCC2CC2)n[nH]1. The van der Waals surface area contributed by atoms with Gasteiger partial charge in [0.15, 0.2) is 0 Å². The van der Waals surface area contributed by atoms with Gasteiger partial charge in [0.2, 0.25) is 5.82 Å². The first-order valence-electron chi connectivity index (χ1n) is 6.00. The lowest BCUT2D eigenvalue weighted by molar-refractivity contribution is 0.0927. The highest BCUT2D eigenvalue weighted by Gasteiger charge is 2.20. The van der Waals surface area contributed by atoms with E-state index in [4.69, 9.17) is 4.74 Å². The Balaban J connectivity index is 1.53. The Morgan fingerprint density at radius 2 is 2.41 bits per heavy atom. The Morgan fingerprint density at radius 3 is 3.06 bits per heavy atom. The molecule has 6 nitrogen and oxygen atoms in total. The molecule has 1 aliphatic rings. The molecule has 0 saturated heterocycles. The fraction of sp³-hybridized carbons (Fsp3) is 0.727. The summed E-state index contributed by atoms with van der Waals surface area (Å²) in [6.07, 6.45) is 3.43. The standard InChI is InChI=1S/C11H18N4O2/c1-8-13-10(15-14-8)11(16)12-5-2-6-17-7-9-3-4-9/h9H,2-7H2,1H3,(H,12,16)(H,13,14,15). The molecular formula is C11H18N4O2. The maximum Gasteiger partial charge on any atom is 0.290 e. The van der Waals surface area contributed by atoms with Crippen LogP contribution in [0.2, 0.25) is 0 Å². The maximum absolute atomic E-state index is 11.5. The second-order valence-electron chi connectivity index (χ2n) is 4.37. The minimum absolute atomic E-state index is 0.196. The van der Waals surface area contributed by atoms with E-state index in [0.717, 1.165) is 18.9 Å². The molecule has 0 aromatic carbocycles. The number of H-pyrrole nitrogens is 1. The Kier molecular flexibility index (Phi) is 4.08. The van der Waals surface area contributed by atoms with Crippen molar-refractivity contribution in [3.63, 3.8) is 0 Å². The summed E-state index contributed by atoms with van der Waals surface area (Å²) in [4.78, 5) is 15.5. The van der Waals surface area contributed by atoms with Crippen LogP contribution >= 0.6 is 0 Å². The van der Waals surface area contributed by atoms with Crippen LogP contribution in [0.4, 0.5) is 0 Å². The lowest BCUT2D eigenvalue weighted by atomic mass is 10.4. The molecule has 1 amide bonds. The van der Waals surface area contributed by atoms with Gasteiger partial charge >= 0.3 is 0 Å². The third-order valence-corrected chi connectivity index (χ3v) is 2.60. The molecule has 1 aromatic rings. The highest BCUT2D eigenvalue weighted by atomic mass is 16.5. The summed E-state index contributed by atoms with van der Waals surface area (Å²) in [7, 11) is 0. The van der Waals surface area contributed by atoms with Crippen LogP contribution in [0.5, 0.6) is 0 Å². The molecule has 1 heterocycles. The van der Waals surface area contributed by atoms with Crippen molar-refractivity contribution in [1.82, 2.24) is 20.5 Å². The molecule has 0 bridgehead atoms. The summed E-state index contributed by atoms with van der Waals surface area (Å²) in [6, 6.07) is 0. The number of aromatic amines is 1. The number of ether oxygens (including phenoxy) is 1. The topological polar surface area (TPSA) is 79.9 Å². The third kappa shape index (κ3) is 4.14. The predicted octanol–water partition coefficient (Wildman–Crippen LogP) is 0.660. The summed E-state index contributed by atoms with van der Waals surface area (Å²) in [5.41, 5.74) is 0. The van der Waals surface area contributed by atoms with Gasteiger partial charge in [0.05, 0.1) is 0 Å². The number of aryl methyl sites for hydroxylation is 1. The summed E-state index contributed by atoms with van der Waals surface area (Å²) >= 11 is 0. The van der Waals surface area contributed by atoms with Gasteiger partial charge in [0.1, 0.15) is 5.82 Å². The minimum atomic E-state index is -0.239. The predicted molar refractivity (Wildman–Crippen MR) is 61.6 cm³/mol. The Labute approximate surface area is 100 Å². The lowest BCUT2D eigenvalue weighted by Crippen LogP contribution is -2.26. The quantitative estimate of drug-likeness (QED) is 0.684. The normalized spacial score (nSPS) is 14.9. The van der Waals surface area contributed by atoms with E-state index in [1.807, 2.05) is 0 Å². The van der Waals surface area contributed by atoms with Gasteiger partial charge in [-0.15, -0.1) is 5.10 Å². The summed E-state index contributed by atoms with van der Waals surface area (Å²) < 4.78 is 5.46. The Bertz CT molecular complexity index is 373. The van der Waals surface area contributed by atoms with Gasteiger partial charge in [-0.05, 0) is 32.1 Å². The molecule has 0 spiro atoms. The van der Waals surface area contributed by atoms with Crippen molar-refractivity contribution in [2.24, 2.45) is 5.92 Å². The van der Waals surface area contributed by atoms with Crippen LogP contribution in [0.3, 0.4) is 0 Å². The molecule has 6 heteroatoms.